The third-order valence-electron chi connectivity index (χ3n) is 4.85. The zero-order valence-electron chi connectivity index (χ0n) is 16.7. The summed E-state index contributed by atoms with van der Waals surface area (Å²) in [6, 6.07) is 13.7. The molecule has 4 rings (SSSR count). The van der Waals surface area contributed by atoms with E-state index in [1.807, 2.05) is 43.3 Å². The lowest BCUT2D eigenvalue weighted by atomic mass is 10.1. The van der Waals surface area contributed by atoms with Crippen molar-refractivity contribution in [1.29, 1.82) is 0 Å². The molecule has 6 heteroatoms. The first kappa shape index (κ1) is 19.5. The molecule has 0 radical (unpaired) electrons. The summed E-state index contributed by atoms with van der Waals surface area (Å²) in [7, 11) is 0. The van der Waals surface area contributed by atoms with Crippen LogP contribution < -0.4 is 14.4 Å². The van der Waals surface area contributed by atoms with Crippen LogP contribution in [0, 0.1) is 6.92 Å². The maximum atomic E-state index is 12.8. The molecule has 3 aromatic rings. The molecule has 1 amide bonds. The normalized spacial score (nSPS) is 12.7. The number of benzene rings is 2. The Bertz CT molecular complexity index is 1010. The van der Waals surface area contributed by atoms with Gasteiger partial charge in [0.15, 0.2) is 18.1 Å². The van der Waals surface area contributed by atoms with Crippen LogP contribution in [-0.4, -0.2) is 30.6 Å². The number of aryl methyl sites for hydroxylation is 1. The van der Waals surface area contributed by atoms with Crippen LogP contribution in [0.25, 0.3) is 11.3 Å². The molecule has 0 atom stereocenters. The van der Waals surface area contributed by atoms with Crippen molar-refractivity contribution in [1.82, 2.24) is 4.98 Å². The van der Waals surface area contributed by atoms with E-state index in [0.717, 1.165) is 34.8 Å². The molecule has 0 saturated carbocycles. The molecule has 150 valence electrons. The highest BCUT2D eigenvalue weighted by atomic mass is 32.1. The molecule has 1 aliphatic heterocycles. The predicted molar refractivity (Wildman–Crippen MR) is 116 cm³/mol. The average molecular weight is 409 g/mol. The van der Waals surface area contributed by atoms with Gasteiger partial charge in [-0.3, -0.25) is 4.79 Å². The molecule has 1 aliphatic rings. The predicted octanol–water partition coefficient (Wildman–Crippen LogP) is 4.88. The van der Waals surface area contributed by atoms with Gasteiger partial charge < -0.3 is 14.4 Å². The summed E-state index contributed by atoms with van der Waals surface area (Å²) < 4.78 is 11.5. The minimum Gasteiger partial charge on any atom is -0.490 e. The molecule has 0 unspecified atom stereocenters. The fraction of sp³-hybridized carbons (Fsp3) is 0.304. The smallest absolute Gasteiger partial charge is 0.264 e. The molecule has 1 aromatic heterocycles. The number of carbonyl (C=O) groups is 1. The topological polar surface area (TPSA) is 51.7 Å². The number of aromatic nitrogens is 1. The van der Waals surface area contributed by atoms with Gasteiger partial charge in [0.2, 0.25) is 0 Å². The van der Waals surface area contributed by atoms with E-state index >= 15 is 0 Å². The molecule has 2 aromatic carbocycles. The number of carbonyl (C=O) groups excluding carboxylic acids is 1. The monoisotopic (exact) mass is 408 g/mol. The number of thiazole rings is 1. The van der Waals surface area contributed by atoms with E-state index in [0.29, 0.717) is 24.7 Å². The van der Waals surface area contributed by atoms with E-state index in [1.165, 1.54) is 5.56 Å². The Morgan fingerprint density at radius 1 is 1.17 bits per heavy atom. The molecule has 0 bridgehead atoms. The lowest BCUT2D eigenvalue weighted by Gasteiger charge is -2.18. The van der Waals surface area contributed by atoms with Gasteiger partial charge in [0, 0.05) is 23.2 Å². The molecular formula is C23H24N2O3S. The zero-order valence-corrected chi connectivity index (χ0v) is 17.5. The van der Waals surface area contributed by atoms with Gasteiger partial charge in [-0.15, -0.1) is 11.3 Å². The van der Waals surface area contributed by atoms with Crippen molar-refractivity contribution in [2.24, 2.45) is 0 Å². The number of nitrogens with zero attached hydrogens (tertiary/aromatic N) is 2. The quantitative estimate of drug-likeness (QED) is 0.559. The molecule has 0 aliphatic carbocycles. The number of para-hydroxylation sites is 2. The van der Waals surface area contributed by atoms with E-state index < -0.39 is 0 Å². The van der Waals surface area contributed by atoms with Crippen molar-refractivity contribution in [2.75, 3.05) is 24.7 Å². The van der Waals surface area contributed by atoms with Crippen molar-refractivity contribution >= 4 is 22.9 Å². The fourth-order valence-corrected chi connectivity index (χ4v) is 4.06. The lowest BCUT2D eigenvalue weighted by Crippen LogP contribution is -2.33. The van der Waals surface area contributed by atoms with Gasteiger partial charge in [-0.25, -0.2) is 4.98 Å². The summed E-state index contributed by atoms with van der Waals surface area (Å²) in [6.45, 7) is 5.34. The van der Waals surface area contributed by atoms with Crippen LogP contribution in [0.15, 0.2) is 47.8 Å². The third kappa shape index (κ3) is 4.27. The maximum absolute atomic E-state index is 12.8. The largest absolute Gasteiger partial charge is 0.490 e. The Morgan fingerprint density at radius 2 is 1.97 bits per heavy atom. The van der Waals surface area contributed by atoms with Crippen LogP contribution in [0.3, 0.4) is 0 Å². The van der Waals surface area contributed by atoms with E-state index in [1.54, 1.807) is 16.2 Å². The van der Waals surface area contributed by atoms with Crippen LogP contribution in [0.4, 0.5) is 5.69 Å². The fourth-order valence-electron chi connectivity index (χ4n) is 3.43. The first-order valence-corrected chi connectivity index (χ1v) is 10.7. The Hall–Kier alpha value is -2.86. The summed E-state index contributed by atoms with van der Waals surface area (Å²) in [6.07, 6.45) is 1.76. The highest BCUT2D eigenvalue weighted by Crippen LogP contribution is 2.33. The molecule has 2 heterocycles. The van der Waals surface area contributed by atoms with Gasteiger partial charge >= 0.3 is 0 Å². The molecule has 0 spiro atoms. The number of hydrogen-bond donors (Lipinski definition) is 0. The van der Waals surface area contributed by atoms with Crippen LogP contribution in [-0.2, 0) is 11.2 Å². The van der Waals surface area contributed by atoms with Gasteiger partial charge in [-0.1, -0.05) is 25.1 Å². The second-order valence-corrected chi connectivity index (χ2v) is 8.04. The van der Waals surface area contributed by atoms with Gasteiger partial charge in [0.25, 0.3) is 5.91 Å². The van der Waals surface area contributed by atoms with Crippen molar-refractivity contribution < 1.29 is 14.3 Å². The van der Waals surface area contributed by atoms with E-state index in [-0.39, 0.29) is 12.5 Å². The Balaban J connectivity index is 1.44. The van der Waals surface area contributed by atoms with Gasteiger partial charge in [-0.05, 0) is 49.6 Å². The number of ether oxygens (including phenoxy) is 2. The Labute approximate surface area is 174 Å². The minimum atomic E-state index is -0.0497. The Morgan fingerprint density at radius 3 is 2.69 bits per heavy atom. The maximum Gasteiger partial charge on any atom is 0.264 e. The van der Waals surface area contributed by atoms with Crippen molar-refractivity contribution in [3.8, 4) is 22.8 Å². The number of hydrogen-bond acceptors (Lipinski definition) is 5. The van der Waals surface area contributed by atoms with Crippen LogP contribution >= 0.6 is 11.3 Å². The highest BCUT2D eigenvalue weighted by molar-refractivity contribution is 7.09. The van der Waals surface area contributed by atoms with Gasteiger partial charge in [0.1, 0.15) is 0 Å². The van der Waals surface area contributed by atoms with Gasteiger partial charge in [-0.2, -0.15) is 0 Å². The number of anilines is 1. The van der Waals surface area contributed by atoms with Crippen LogP contribution in [0.1, 0.15) is 23.9 Å². The molecule has 29 heavy (non-hydrogen) atoms. The molecule has 0 saturated heterocycles. The average Bonchev–Trinajstić information content (AvgIpc) is 3.36. The summed E-state index contributed by atoms with van der Waals surface area (Å²) in [5.41, 5.74) is 4.23. The zero-order chi connectivity index (χ0) is 20.2. The number of rotatable bonds is 7. The van der Waals surface area contributed by atoms with E-state index in [2.05, 4.69) is 23.4 Å². The summed E-state index contributed by atoms with van der Waals surface area (Å²) in [5.74, 6) is 1.22. The summed E-state index contributed by atoms with van der Waals surface area (Å²) in [5, 5.41) is 3.12. The third-order valence-corrected chi connectivity index (χ3v) is 5.63. The van der Waals surface area contributed by atoms with E-state index in [4.69, 9.17) is 9.47 Å². The number of amides is 1. The molecule has 5 nitrogen and oxygen atoms in total. The van der Waals surface area contributed by atoms with Crippen LogP contribution in [0.5, 0.6) is 11.5 Å². The first-order valence-electron chi connectivity index (χ1n) is 9.86. The highest BCUT2D eigenvalue weighted by Gasteiger charge is 2.25. The first-order chi connectivity index (χ1) is 14.2. The van der Waals surface area contributed by atoms with Crippen molar-refractivity contribution in [2.45, 2.75) is 26.7 Å². The Kier molecular flexibility index (Phi) is 5.81. The lowest BCUT2D eigenvalue weighted by molar-refractivity contribution is -0.120. The summed E-state index contributed by atoms with van der Waals surface area (Å²) in [4.78, 5) is 19.2. The van der Waals surface area contributed by atoms with Gasteiger partial charge in [0.05, 0.1) is 17.3 Å². The van der Waals surface area contributed by atoms with Crippen LogP contribution in [0.2, 0.25) is 0 Å². The second-order valence-electron chi connectivity index (χ2n) is 6.97. The van der Waals surface area contributed by atoms with E-state index in [9.17, 15) is 4.79 Å². The molecular weight excluding hydrogens is 384 g/mol. The second kappa shape index (κ2) is 8.66. The van der Waals surface area contributed by atoms with Crippen molar-refractivity contribution in [3.63, 3.8) is 0 Å². The molecule has 0 N–H and O–H groups in total. The number of fused-ring (bicyclic) bond motifs is 1. The van der Waals surface area contributed by atoms with Crippen molar-refractivity contribution in [3.05, 3.63) is 58.4 Å². The minimum absolute atomic E-state index is 0.0149. The standard InChI is InChI=1S/C23H24N2O3S/c1-3-12-27-21-6-4-5-7-22(21)28-14-23(26)25-11-10-18-13-17(8-9-20(18)25)19-15-29-16(2)24-19/h4-9,13,15H,3,10-12,14H2,1-2H3. The SMILES string of the molecule is CCCOc1ccccc1OCC(=O)N1CCc2cc(-c3csc(C)n3)ccc21. The summed E-state index contributed by atoms with van der Waals surface area (Å²) >= 11 is 1.65. The molecule has 0 fully saturated rings.